The van der Waals surface area contributed by atoms with E-state index in [-0.39, 0.29) is 5.84 Å². The van der Waals surface area contributed by atoms with Gasteiger partial charge in [0.1, 0.15) is 10.9 Å². The lowest BCUT2D eigenvalue weighted by Crippen LogP contribution is -2.14. The highest BCUT2D eigenvalue weighted by molar-refractivity contribution is 7.98. The highest BCUT2D eigenvalue weighted by Crippen LogP contribution is 2.26. The Hall–Kier alpha value is -1.81. The molecule has 0 saturated heterocycles. The van der Waals surface area contributed by atoms with Gasteiger partial charge in [-0.1, -0.05) is 29.8 Å². The number of nitrogens with zero attached hydrogens (tertiary/aromatic N) is 1. The number of aromatic nitrogens is 1. The van der Waals surface area contributed by atoms with Gasteiger partial charge < -0.3 is 5.73 Å². The van der Waals surface area contributed by atoms with E-state index in [0.29, 0.717) is 0 Å². The first kappa shape index (κ1) is 13.6. The first-order valence-electron chi connectivity index (χ1n) is 6.06. The fourth-order valence-electron chi connectivity index (χ4n) is 1.92. The van der Waals surface area contributed by atoms with E-state index in [9.17, 15) is 0 Å². The van der Waals surface area contributed by atoms with Crippen LogP contribution in [0, 0.1) is 19.3 Å². The Morgan fingerprint density at radius 1 is 1.32 bits per heavy atom. The fourth-order valence-corrected chi connectivity index (χ4v) is 2.96. The van der Waals surface area contributed by atoms with Crippen molar-refractivity contribution in [3.05, 3.63) is 58.8 Å². The molecule has 0 radical (unpaired) electrons. The molecule has 19 heavy (non-hydrogen) atoms. The van der Waals surface area contributed by atoms with E-state index in [1.54, 1.807) is 18.0 Å². The van der Waals surface area contributed by atoms with E-state index < -0.39 is 0 Å². The summed E-state index contributed by atoms with van der Waals surface area (Å²) in [5.74, 6) is 0.913. The van der Waals surface area contributed by atoms with E-state index in [1.807, 2.05) is 13.0 Å². The molecule has 4 heteroatoms. The van der Waals surface area contributed by atoms with E-state index in [4.69, 9.17) is 11.1 Å². The SMILES string of the molecule is Cc1cccc(CSc2nccc(C)c2C(=N)N)c1. The molecular weight excluding hydrogens is 254 g/mol. The van der Waals surface area contributed by atoms with Gasteiger partial charge in [0.05, 0.1) is 5.56 Å². The Morgan fingerprint density at radius 3 is 2.79 bits per heavy atom. The number of nitrogen functional groups attached to an aromatic ring is 1. The van der Waals surface area contributed by atoms with Crippen LogP contribution in [0.1, 0.15) is 22.3 Å². The van der Waals surface area contributed by atoms with E-state index in [1.165, 1.54) is 11.1 Å². The minimum Gasteiger partial charge on any atom is -0.384 e. The first-order chi connectivity index (χ1) is 9.08. The Bertz CT molecular complexity index is 608. The molecule has 1 aromatic heterocycles. The molecule has 0 spiro atoms. The zero-order chi connectivity index (χ0) is 13.8. The maximum atomic E-state index is 7.66. The van der Waals surface area contributed by atoms with Crippen LogP contribution in [0.3, 0.4) is 0 Å². The smallest absolute Gasteiger partial charge is 0.125 e. The van der Waals surface area contributed by atoms with Crippen LogP contribution >= 0.6 is 11.8 Å². The number of hydrogen-bond acceptors (Lipinski definition) is 3. The van der Waals surface area contributed by atoms with Crippen LogP contribution in [0.2, 0.25) is 0 Å². The number of benzene rings is 1. The lowest BCUT2D eigenvalue weighted by Gasteiger charge is -2.09. The second-order valence-electron chi connectivity index (χ2n) is 4.50. The molecule has 2 aromatic rings. The quantitative estimate of drug-likeness (QED) is 0.509. The summed E-state index contributed by atoms with van der Waals surface area (Å²) in [6.45, 7) is 4.04. The molecule has 1 aromatic carbocycles. The summed E-state index contributed by atoms with van der Waals surface area (Å²) in [5, 5.41) is 8.49. The predicted octanol–water partition coefficient (Wildman–Crippen LogP) is 3.27. The first-order valence-corrected chi connectivity index (χ1v) is 7.05. The van der Waals surface area contributed by atoms with Crippen molar-refractivity contribution in [3.8, 4) is 0 Å². The third kappa shape index (κ3) is 3.35. The normalized spacial score (nSPS) is 10.4. The summed E-state index contributed by atoms with van der Waals surface area (Å²) in [7, 11) is 0. The molecule has 0 aliphatic heterocycles. The van der Waals surface area contributed by atoms with Gasteiger partial charge in [-0.15, -0.1) is 11.8 Å². The Morgan fingerprint density at radius 2 is 2.11 bits per heavy atom. The van der Waals surface area contributed by atoms with Crippen LogP contribution in [0.25, 0.3) is 0 Å². The number of pyridine rings is 1. The van der Waals surface area contributed by atoms with Crippen LogP contribution in [0.15, 0.2) is 41.6 Å². The molecule has 0 unspecified atom stereocenters. The predicted molar refractivity (Wildman–Crippen MR) is 80.7 cm³/mol. The standard InChI is InChI=1S/C15H17N3S/c1-10-4-3-5-12(8-10)9-19-15-13(14(16)17)11(2)6-7-18-15/h3-8H,9H2,1-2H3,(H3,16,17). The summed E-state index contributed by atoms with van der Waals surface area (Å²) in [6, 6.07) is 10.3. The third-order valence-corrected chi connectivity index (χ3v) is 3.91. The monoisotopic (exact) mass is 271 g/mol. The third-order valence-electron chi connectivity index (χ3n) is 2.85. The van der Waals surface area contributed by atoms with Crippen LogP contribution < -0.4 is 5.73 Å². The van der Waals surface area contributed by atoms with Crippen molar-refractivity contribution in [2.75, 3.05) is 0 Å². The van der Waals surface area contributed by atoms with Crippen molar-refractivity contribution in [1.82, 2.24) is 4.98 Å². The highest BCUT2D eigenvalue weighted by Gasteiger charge is 2.10. The molecule has 0 fully saturated rings. The maximum absolute atomic E-state index is 7.66. The van der Waals surface area contributed by atoms with Gasteiger partial charge in [0, 0.05) is 11.9 Å². The average Bonchev–Trinajstić information content (AvgIpc) is 2.36. The molecule has 0 aliphatic carbocycles. The molecule has 1 heterocycles. The number of rotatable bonds is 4. The second-order valence-corrected chi connectivity index (χ2v) is 5.46. The lowest BCUT2D eigenvalue weighted by molar-refractivity contribution is 1.08. The lowest BCUT2D eigenvalue weighted by atomic mass is 10.1. The van der Waals surface area contributed by atoms with Crippen molar-refractivity contribution in [3.63, 3.8) is 0 Å². The van der Waals surface area contributed by atoms with Gasteiger partial charge >= 0.3 is 0 Å². The summed E-state index contributed by atoms with van der Waals surface area (Å²) in [5.41, 5.74) is 9.89. The number of amidine groups is 1. The van der Waals surface area contributed by atoms with Gasteiger partial charge in [-0.05, 0) is 31.0 Å². The molecule has 0 saturated carbocycles. The molecule has 2 rings (SSSR count). The minimum absolute atomic E-state index is 0.0809. The van der Waals surface area contributed by atoms with Gasteiger partial charge in [0.2, 0.25) is 0 Å². The van der Waals surface area contributed by atoms with Crippen LogP contribution in [0.5, 0.6) is 0 Å². The zero-order valence-electron chi connectivity index (χ0n) is 11.1. The molecule has 0 bridgehead atoms. The van der Waals surface area contributed by atoms with E-state index in [0.717, 1.165) is 21.9 Å². The van der Waals surface area contributed by atoms with Crippen LogP contribution in [-0.2, 0) is 5.75 Å². The summed E-state index contributed by atoms with van der Waals surface area (Å²) < 4.78 is 0. The van der Waals surface area contributed by atoms with Crippen molar-refractivity contribution in [2.24, 2.45) is 5.73 Å². The topological polar surface area (TPSA) is 62.8 Å². The molecule has 0 aliphatic rings. The highest BCUT2D eigenvalue weighted by atomic mass is 32.2. The van der Waals surface area contributed by atoms with Crippen LogP contribution in [0.4, 0.5) is 0 Å². The summed E-state index contributed by atoms with van der Waals surface area (Å²) in [4.78, 5) is 4.34. The summed E-state index contributed by atoms with van der Waals surface area (Å²) in [6.07, 6.45) is 1.76. The van der Waals surface area contributed by atoms with Gasteiger partial charge in [-0.2, -0.15) is 0 Å². The minimum atomic E-state index is 0.0809. The number of nitrogens with two attached hydrogens (primary N) is 1. The molecule has 0 amide bonds. The number of aryl methyl sites for hydroxylation is 2. The van der Waals surface area contributed by atoms with Crippen LogP contribution in [-0.4, -0.2) is 10.8 Å². The summed E-state index contributed by atoms with van der Waals surface area (Å²) >= 11 is 1.62. The van der Waals surface area contributed by atoms with Crippen molar-refractivity contribution in [2.45, 2.75) is 24.6 Å². The largest absolute Gasteiger partial charge is 0.384 e. The number of nitrogens with one attached hydrogen (secondary N) is 1. The Balaban J connectivity index is 2.20. The van der Waals surface area contributed by atoms with Gasteiger partial charge in [-0.25, -0.2) is 4.98 Å². The molecule has 3 N–H and O–H groups in total. The Kier molecular flexibility index (Phi) is 4.22. The molecule has 3 nitrogen and oxygen atoms in total. The van der Waals surface area contributed by atoms with Crippen molar-refractivity contribution < 1.29 is 0 Å². The molecule has 98 valence electrons. The number of thioether (sulfide) groups is 1. The maximum Gasteiger partial charge on any atom is 0.125 e. The Labute approximate surface area is 117 Å². The van der Waals surface area contributed by atoms with Crippen molar-refractivity contribution >= 4 is 17.6 Å². The molecular formula is C15H17N3S. The van der Waals surface area contributed by atoms with Gasteiger partial charge in [0.25, 0.3) is 0 Å². The van der Waals surface area contributed by atoms with Gasteiger partial charge in [0.15, 0.2) is 0 Å². The average molecular weight is 271 g/mol. The van der Waals surface area contributed by atoms with E-state index in [2.05, 4.69) is 36.2 Å². The fraction of sp³-hybridized carbons (Fsp3) is 0.200. The van der Waals surface area contributed by atoms with E-state index >= 15 is 0 Å². The zero-order valence-corrected chi connectivity index (χ0v) is 11.9. The van der Waals surface area contributed by atoms with Crippen molar-refractivity contribution in [1.29, 1.82) is 5.41 Å². The number of hydrogen-bond donors (Lipinski definition) is 2. The van der Waals surface area contributed by atoms with Gasteiger partial charge in [-0.3, -0.25) is 5.41 Å². The second kappa shape index (κ2) is 5.89. The molecule has 0 atom stereocenters.